The summed E-state index contributed by atoms with van der Waals surface area (Å²) < 4.78 is 0. The van der Waals surface area contributed by atoms with Crippen LogP contribution in [0.4, 0.5) is 4.79 Å². The number of rotatable bonds is 5. The maximum Gasteiger partial charge on any atom is 0.328 e. The molecule has 0 aromatic heterocycles. The summed E-state index contributed by atoms with van der Waals surface area (Å²) in [6.45, 7) is 3.81. The third-order valence-electron chi connectivity index (χ3n) is 1.76. The molecule has 0 aromatic rings. The van der Waals surface area contributed by atoms with Crippen LogP contribution in [0.2, 0.25) is 0 Å². The number of carbonyl (C=O) groups is 2. The Hall–Kier alpha value is -1.30. The second kappa shape index (κ2) is 6.23. The van der Waals surface area contributed by atoms with Crippen LogP contribution in [0, 0.1) is 5.92 Å². The molecule has 0 spiro atoms. The first-order chi connectivity index (χ1) is 6.88. The van der Waals surface area contributed by atoms with E-state index < -0.39 is 24.6 Å². The second-order valence-corrected chi connectivity index (χ2v) is 3.80. The van der Waals surface area contributed by atoms with E-state index in [0.717, 1.165) is 0 Å². The molecule has 0 saturated carbocycles. The summed E-state index contributed by atoms with van der Waals surface area (Å²) in [7, 11) is 1.58. The lowest BCUT2D eigenvalue weighted by molar-refractivity contribution is -0.140. The van der Waals surface area contributed by atoms with Gasteiger partial charge in [-0.3, -0.25) is 0 Å². The average Bonchev–Trinajstić information content (AvgIpc) is 2.11. The molecule has 0 heterocycles. The molecule has 0 bridgehead atoms. The molecule has 0 aromatic carbocycles. The van der Waals surface area contributed by atoms with E-state index in [1.165, 1.54) is 4.90 Å². The predicted molar refractivity (Wildman–Crippen MR) is 54.5 cm³/mol. The highest BCUT2D eigenvalue weighted by atomic mass is 16.4. The van der Waals surface area contributed by atoms with E-state index >= 15 is 0 Å². The molecule has 2 amide bonds. The van der Waals surface area contributed by atoms with Crippen LogP contribution in [0.1, 0.15) is 13.8 Å². The maximum atomic E-state index is 11.4. The molecule has 6 nitrogen and oxygen atoms in total. The highest BCUT2D eigenvalue weighted by molar-refractivity contribution is 5.82. The van der Waals surface area contributed by atoms with Crippen LogP contribution in [0.25, 0.3) is 0 Å². The fourth-order valence-corrected chi connectivity index (χ4v) is 1.08. The van der Waals surface area contributed by atoms with Crippen molar-refractivity contribution in [3.05, 3.63) is 0 Å². The smallest absolute Gasteiger partial charge is 0.328 e. The summed E-state index contributed by atoms with van der Waals surface area (Å²) in [5.41, 5.74) is 0. The predicted octanol–water partition coefficient (Wildman–Crippen LogP) is -0.271. The fraction of sp³-hybridized carbons (Fsp3) is 0.778. The minimum atomic E-state index is -1.25. The van der Waals surface area contributed by atoms with Crippen molar-refractivity contribution in [2.45, 2.75) is 19.9 Å². The molecule has 88 valence electrons. The van der Waals surface area contributed by atoms with E-state index in [9.17, 15) is 9.59 Å². The van der Waals surface area contributed by atoms with Gasteiger partial charge in [-0.1, -0.05) is 13.8 Å². The van der Waals surface area contributed by atoms with Gasteiger partial charge in [-0.05, 0) is 5.92 Å². The quantitative estimate of drug-likeness (QED) is 0.592. The van der Waals surface area contributed by atoms with E-state index in [1.807, 2.05) is 13.8 Å². The Bertz CT molecular complexity index is 230. The Balaban J connectivity index is 4.16. The number of nitrogens with zero attached hydrogens (tertiary/aromatic N) is 1. The first-order valence-electron chi connectivity index (χ1n) is 4.73. The van der Waals surface area contributed by atoms with Crippen molar-refractivity contribution in [3.63, 3.8) is 0 Å². The molecule has 0 fully saturated rings. The number of nitrogens with one attached hydrogen (secondary N) is 1. The van der Waals surface area contributed by atoms with Gasteiger partial charge in [0.25, 0.3) is 0 Å². The zero-order valence-corrected chi connectivity index (χ0v) is 9.23. The van der Waals surface area contributed by atoms with E-state index in [4.69, 9.17) is 10.2 Å². The number of carboxylic acid groups (broad SMARTS) is 1. The highest BCUT2D eigenvalue weighted by Crippen LogP contribution is 1.96. The lowest BCUT2D eigenvalue weighted by Crippen LogP contribution is -2.49. The minimum absolute atomic E-state index is 0.304. The summed E-state index contributed by atoms with van der Waals surface area (Å²) in [6.07, 6.45) is 0. The van der Waals surface area contributed by atoms with Crippen LogP contribution in [0.3, 0.4) is 0 Å². The number of carboxylic acids is 1. The van der Waals surface area contributed by atoms with Gasteiger partial charge in [0.2, 0.25) is 0 Å². The molecule has 1 atom stereocenters. The highest BCUT2D eigenvalue weighted by Gasteiger charge is 2.20. The van der Waals surface area contributed by atoms with Crippen molar-refractivity contribution in [2.24, 2.45) is 5.92 Å². The van der Waals surface area contributed by atoms with Crippen molar-refractivity contribution < 1.29 is 19.8 Å². The van der Waals surface area contributed by atoms with Crippen molar-refractivity contribution >= 4 is 12.0 Å². The average molecular weight is 218 g/mol. The largest absolute Gasteiger partial charge is 0.480 e. The summed E-state index contributed by atoms with van der Waals surface area (Å²) in [6, 6.07) is -1.74. The minimum Gasteiger partial charge on any atom is -0.480 e. The Morgan fingerprint density at radius 1 is 1.40 bits per heavy atom. The van der Waals surface area contributed by atoms with Crippen molar-refractivity contribution in [2.75, 3.05) is 20.2 Å². The van der Waals surface area contributed by atoms with Gasteiger partial charge in [-0.25, -0.2) is 9.59 Å². The molecule has 15 heavy (non-hydrogen) atoms. The lowest BCUT2D eigenvalue weighted by Gasteiger charge is -2.21. The van der Waals surface area contributed by atoms with Gasteiger partial charge in [0.15, 0.2) is 6.04 Å². The maximum absolute atomic E-state index is 11.4. The Kier molecular flexibility index (Phi) is 5.69. The molecule has 3 N–H and O–H groups in total. The molecule has 0 saturated heterocycles. The first-order valence-corrected chi connectivity index (χ1v) is 4.73. The van der Waals surface area contributed by atoms with Crippen molar-refractivity contribution in [3.8, 4) is 0 Å². The van der Waals surface area contributed by atoms with E-state index in [0.29, 0.717) is 12.5 Å². The number of carbonyl (C=O) groups excluding carboxylic acids is 1. The van der Waals surface area contributed by atoms with Gasteiger partial charge >= 0.3 is 12.0 Å². The molecule has 0 aliphatic rings. The van der Waals surface area contributed by atoms with Crippen LogP contribution < -0.4 is 5.32 Å². The molecule has 0 radical (unpaired) electrons. The molecular weight excluding hydrogens is 200 g/mol. The lowest BCUT2D eigenvalue weighted by atomic mass is 10.2. The third kappa shape index (κ3) is 5.21. The van der Waals surface area contributed by atoms with Gasteiger partial charge in [0, 0.05) is 13.6 Å². The monoisotopic (exact) mass is 218 g/mol. The van der Waals surface area contributed by atoms with Gasteiger partial charge < -0.3 is 20.4 Å². The Labute approximate surface area is 88.9 Å². The van der Waals surface area contributed by atoms with Crippen LogP contribution in [0.5, 0.6) is 0 Å². The van der Waals surface area contributed by atoms with Crippen LogP contribution in [-0.4, -0.2) is 53.4 Å². The number of hydrogen-bond donors (Lipinski definition) is 3. The van der Waals surface area contributed by atoms with Gasteiger partial charge in [-0.2, -0.15) is 0 Å². The van der Waals surface area contributed by atoms with Crippen LogP contribution >= 0.6 is 0 Å². The number of aliphatic carboxylic acids is 1. The van der Waals surface area contributed by atoms with Crippen molar-refractivity contribution in [1.29, 1.82) is 0 Å². The van der Waals surface area contributed by atoms with Crippen LogP contribution in [0.15, 0.2) is 0 Å². The summed E-state index contributed by atoms with van der Waals surface area (Å²) in [4.78, 5) is 23.3. The summed E-state index contributed by atoms with van der Waals surface area (Å²) in [5.74, 6) is -0.943. The van der Waals surface area contributed by atoms with Crippen LogP contribution in [-0.2, 0) is 4.79 Å². The number of amides is 2. The van der Waals surface area contributed by atoms with E-state index in [-0.39, 0.29) is 0 Å². The van der Waals surface area contributed by atoms with E-state index in [2.05, 4.69) is 5.32 Å². The molecule has 0 aliphatic heterocycles. The van der Waals surface area contributed by atoms with Gasteiger partial charge in [0.1, 0.15) is 0 Å². The molecule has 0 rings (SSSR count). The first kappa shape index (κ1) is 13.7. The molecule has 0 aliphatic carbocycles. The Morgan fingerprint density at radius 2 is 1.93 bits per heavy atom. The Morgan fingerprint density at radius 3 is 2.27 bits per heavy atom. The zero-order chi connectivity index (χ0) is 12.0. The SMILES string of the molecule is CC(C)CN(C)C(=O)N[C@H](CO)C(=O)O. The summed E-state index contributed by atoms with van der Waals surface area (Å²) >= 11 is 0. The molecule has 6 heteroatoms. The normalized spacial score (nSPS) is 12.3. The molecular formula is C9H18N2O4. The van der Waals surface area contributed by atoms with Gasteiger partial charge in [0.05, 0.1) is 6.61 Å². The van der Waals surface area contributed by atoms with Crippen molar-refractivity contribution in [1.82, 2.24) is 10.2 Å². The second-order valence-electron chi connectivity index (χ2n) is 3.80. The standard InChI is InChI=1S/C9H18N2O4/c1-6(2)4-11(3)9(15)10-7(5-12)8(13)14/h6-7,12H,4-5H2,1-3H3,(H,10,15)(H,13,14)/t7-/m1/s1. The number of hydrogen-bond acceptors (Lipinski definition) is 3. The third-order valence-corrected chi connectivity index (χ3v) is 1.76. The van der Waals surface area contributed by atoms with Gasteiger partial charge in [-0.15, -0.1) is 0 Å². The fourth-order valence-electron chi connectivity index (χ4n) is 1.08. The summed E-state index contributed by atoms with van der Waals surface area (Å²) in [5, 5.41) is 19.5. The number of aliphatic hydroxyl groups excluding tert-OH is 1. The van der Waals surface area contributed by atoms with E-state index in [1.54, 1.807) is 7.05 Å². The zero-order valence-electron chi connectivity index (χ0n) is 9.23. The molecule has 0 unspecified atom stereocenters. The topological polar surface area (TPSA) is 89.9 Å². The number of urea groups is 1. The number of aliphatic hydroxyl groups is 1.